The maximum absolute atomic E-state index is 12.0. The van der Waals surface area contributed by atoms with Crippen LogP contribution in [0.3, 0.4) is 0 Å². The fourth-order valence-corrected chi connectivity index (χ4v) is 9.72. The summed E-state index contributed by atoms with van der Waals surface area (Å²) in [5, 5.41) is 0. The highest BCUT2D eigenvalue weighted by Gasteiger charge is 2.69. The molecule has 0 aromatic carbocycles. The van der Waals surface area contributed by atoms with Crippen molar-refractivity contribution < 1.29 is 4.79 Å². The first-order valence-electron chi connectivity index (χ1n) is 12.8. The Morgan fingerprint density at radius 3 is 2.41 bits per heavy atom. The van der Waals surface area contributed by atoms with Gasteiger partial charge in [-0.15, -0.1) is 6.58 Å². The van der Waals surface area contributed by atoms with Crippen LogP contribution in [0.1, 0.15) is 98.8 Å². The molecule has 4 fully saturated rings. The maximum atomic E-state index is 12.0. The molecule has 0 N–H and O–H groups in total. The maximum Gasteiger partial charge on any atom is 0.123 e. The summed E-state index contributed by atoms with van der Waals surface area (Å²) in [4.78, 5) is 12.0. The van der Waals surface area contributed by atoms with Crippen LogP contribution in [0.25, 0.3) is 0 Å². The van der Waals surface area contributed by atoms with Crippen molar-refractivity contribution in [1.29, 1.82) is 0 Å². The molecule has 4 saturated carbocycles. The average Bonchev–Trinajstić information content (AvgIpc) is 3.24. The van der Waals surface area contributed by atoms with Crippen molar-refractivity contribution in [3.8, 4) is 0 Å². The van der Waals surface area contributed by atoms with Gasteiger partial charge < -0.3 is 4.79 Å². The molecule has 0 radical (unpaired) electrons. The Hall–Kier alpha value is -0.590. The van der Waals surface area contributed by atoms with E-state index in [0.29, 0.717) is 10.8 Å². The molecule has 0 saturated heterocycles. The van der Waals surface area contributed by atoms with Gasteiger partial charge in [0.25, 0.3) is 0 Å². The van der Waals surface area contributed by atoms with Crippen LogP contribution in [-0.2, 0) is 4.79 Å². The third-order valence-electron chi connectivity index (χ3n) is 11.3. The van der Waals surface area contributed by atoms with Crippen LogP contribution in [0.5, 0.6) is 0 Å². The van der Waals surface area contributed by atoms with Gasteiger partial charge in [-0.25, -0.2) is 0 Å². The Kier molecular flexibility index (Phi) is 5.61. The Morgan fingerprint density at radius 2 is 1.76 bits per heavy atom. The molecular weight excluding hydrogens is 352 g/mol. The average molecular weight is 399 g/mol. The van der Waals surface area contributed by atoms with Gasteiger partial charge in [0.2, 0.25) is 0 Å². The molecule has 0 aliphatic heterocycles. The Bertz CT molecular complexity index is 636. The first-order valence-corrected chi connectivity index (χ1v) is 12.8. The van der Waals surface area contributed by atoms with E-state index in [1.807, 2.05) is 0 Å². The zero-order chi connectivity index (χ0) is 21.0. The van der Waals surface area contributed by atoms with Crippen LogP contribution in [0.15, 0.2) is 12.7 Å². The predicted octanol–water partition coefficient (Wildman–Crippen LogP) is 7.70. The summed E-state index contributed by atoms with van der Waals surface area (Å²) < 4.78 is 0. The van der Waals surface area contributed by atoms with Gasteiger partial charge in [-0.3, -0.25) is 0 Å². The van der Waals surface area contributed by atoms with E-state index in [-0.39, 0.29) is 11.3 Å². The lowest BCUT2D eigenvalue weighted by molar-refractivity contribution is -0.114. The van der Waals surface area contributed by atoms with Crippen LogP contribution >= 0.6 is 0 Å². The van der Waals surface area contributed by atoms with Gasteiger partial charge in [-0.05, 0) is 91.3 Å². The summed E-state index contributed by atoms with van der Waals surface area (Å²) in [6, 6.07) is 0. The fourth-order valence-electron chi connectivity index (χ4n) is 9.72. The van der Waals surface area contributed by atoms with E-state index in [1.165, 1.54) is 64.1 Å². The number of hydrogen-bond donors (Lipinski definition) is 0. The first kappa shape index (κ1) is 21.6. The van der Waals surface area contributed by atoms with Gasteiger partial charge in [0.15, 0.2) is 0 Å². The zero-order valence-corrected chi connectivity index (χ0v) is 19.9. The molecule has 0 heterocycles. The van der Waals surface area contributed by atoms with E-state index in [4.69, 9.17) is 0 Å². The summed E-state index contributed by atoms with van der Waals surface area (Å²) in [5.41, 5.74) is 0.927. The lowest BCUT2D eigenvalue weighted by Crippen LogP contribution is -2.44. The minimum atomic E-state index is 0.0797. The SMILES string of the molecule is C=C[C@]12C[C@H]3[C@@H]4CC[C@H]([C@H](C)CCCC(C)C)[C@@]4(C)CC[C@@H]3[C@@]1(C)CC[C@@H]2C=O. The largest absolute Gasteiger partial charge is 0.303 e. The summed E-state index contributed by atoms with van der Waals surface area (Å²) >= 11 is 0. The molecule has 164 valence electrons. The molecule has 0 amide bonds. The summed E-state index contributed by atoms with van der Waals surface area (Å²) in [7, 11) is 0. The molecule has 4 aliphatic carbocycles. The van der Waals surface area contributed by atoms with Crippen LogP contribution in [0.2, 0.25) is 0 Å². The van der Waals surface area contributed by atoms with Gasteiger partial charge in [0.05, 0.1) is 0 Å². The molecule has 0 aromatic heterocycles. The van der Waals surface area contributed by atoms with E-state index in [9.17, 15) is 4.79 Å². The number of aldehydes is 1. The van der Waals surface area contributed by atoms with Crippen molar-refractivity contribution in [2.24, 2.45) is 57.7 Å². The standard InChI is InChI=1S/C28H46O/c1-7-28-17-22-24-12-11-23(20(4)10-8-9-19(2)3)26(24,5)15-14-25(22)27(28,6)16-13-21(28)18-29/h7,18-25H,1,8-17H2,2-6H3/t20-,21-,22+,23-,24+,25+,26-,27-,28-/m1/s1. The third kappa shape index (κ3) is 2.95. The van der Waals surface area contributed by atoms with E-state index in [1.54, 1.807) is 0 Å². The number of carbonyl (C=O) groups excluding carboxylic acids is 1. The van der Waals surface area contributed by atoms with E-state index in [0.717, 1.165) is 41.9 Å². The number of rotatable bonds is 7. The minimum Gasteiger partial charge on any atom is -0.303 e. The fraction of sp³-hybridized carbons (Fsp3) is 0.893. The molecule has 0 aromatic rings. The van der Waals surface area contributed by atoms with Crippen molar-refractivity contribution in [2.45, 2.75) is 98.8 Å². The molecule has 1 nitrogen and oxygen atoms in total. The van der Waals surface area contributed by atoms with Gasteiger partial charge in [0, 0.05) is 11.3 Å². The second kappa shape index (κ2) is 7.52. The second-order valence-corrected chi connectivity index (χ2v) is 12.6. The highest BCUT2D eigenvalue weighted by Crippen LogP contribution is 2.76. The highest BCUT2D eigenvalue weighted by molar-refractivity contribution is 5.58. The number of carbonyl (C=O) groups is 1. The van der Waals surface area contributed by atoms with Crippen LogP contribution in [-0.4, -0.2) is 6.29 Å². The van der Waals surface area contributed by atoms with Crippen LogP contribution in [0, 0.1) is 57.7 Å². The molecule has 29 heavy (non-hydrogen) atoms. The topological polar surface area (TPSA) is 17.1 Å². The minimum absolute atomic E-state index is 0.0797. The van der Waals surface area contributed by atoms with Crippen molar-refractivity contribution in [3.63, 3.8) is 0 Å². The van der Waals surface area contributed by atoms with E-state index < -0.39 is 0 Å². The van der Waals surface area contributed by atoms with Gasteiger partial charge >= 0.3 is 0 Å². The van der Waals surface area contributed by atoms with Gasteiger partial charge in [0.1, 0.15) is 6.29 Å². The van der Waals surface area contributed by atoms with Crippen molar-refractivity contribution >= 4 is 6.29 Å². The Balaban J connectivity index is 1.55. The Labute approximate surface area is 180 Å². The van der Waals surface area contributed by atoms with Crippen molar-refractivity contribution in [1.82, 2.24) is 0 Å². The summed E-state index contributed by atoms with van der Waals surface area (Å²) in [6.07, 6.45) is 17.0. The monoisotopic (exact) mass is 398 g/mol. The van der Waals surface area contributed by atoms with Gasteiger partial charge in [-0.1, -0.05) is 60.0 Å². The normalized spacial score (nSPS) is 49.5. The summed E-state index contributed by atoms with van der Waals surface area (Å²) in [5.74, 6) is 5.36. The first-order chi connectivity index (χ1) is 13.7. The van der Waals surface area contributed by atoms with Crippen LogP contribution < -0.4 is 0 Å². The third-order valence-corrected chi connectivity index (χ3v) is 11.3. The highest BCUT2D eigenvalue weighted by atomic mass is 16.1. The van der Waals surface area contributed by atoms with E-state index >= 15 is 0 Å². The molecule has 0 bridgehead atoms. The van der Waals surface area contributed by atoms with Gasteiger partial charge in [-0.2, -0.15) is 0 Å². The number of allylic oxidation sites excluding steroid dienone is 1. The molecule has 0 unspecified atom stereocenters. The number of hydrogen-bond acceptors (Lipinski definition) is 1. The smallest absolute Gasteiger partial charge is 0.123 e. The lowest BCUT2D eigenvalue weighted by Gasteiger charge is -2.51. The zero-order valence-electron chi connectivity index (χ0n) is 19.9. The van der Waals surface area contributed by atoms with Crippen LogP contribution in [0.4, 0.5) is 0 Å². The Morgan fingerprint density at radius 1 is 1.00 bits per heavy atom. The molecule has 0 spiro atoms. The van der Waals surface area contributed by atoms with Crippen molar-refractivity contribution in [2.75, 3.05) is 0 Å². The molecule has 1 heteroatoms. The van der Waals surface area contributed by atoms with Crippen molar-refractivity contribution in [3.05, 3.63) is 12.7 Å². The van der Waals surface area contributed by atoms with E-state index in [2.05, 4.69) is 47.3 Å². The quantitative estimate of drug-likeness (QED) is 0.317. The lowest BCUT2D eigenvalue weighted by atomic mass is 9.54. The second-order valence-electron chi connectivity index (χ2n) is 12.6. The molecule has 9 atom stereocenters. The summed E-state index contributed by atoms with van der Waals surface area (Å²) in [6.45, 7) is 16.8. The molecule has 4 rings (SSSR count). The molecular formula is C28H46O. The predicted molar refractivity (Wildman–Crippen MR) is 123 cm³/mol. The number of fused-ring (bicyclic) bond motifs is 5. The molecule has 4 aliphatic rings.